The van der Waals surface area contributed by atoms with E-state index in [0.29, 0.717) is 10.7 Å². The minimum atomic E-state index is -5.07. The maximum atomic E-state index is 16.0. The number of hydrogen-bond donors (Lipinski definition) is 3. The number of pyridine rings is 2. The Hall–Kier alpha value is -5.30. The highest BCUT2D eigenvalue weighted by Crippen LogP contribution is 2.64. The molecule has 2 aliphatic carbocycles. The van der Waals surface area contributed by atoms with E-state index in [1.165, 1.54) is 44.4 Å². The molecule has 4 aromatic heterocycles. The lowest BCUT2D eigenvalue weighted by atomic mass is 9.73. The molecule has 0 spiro atoms. The molecular formula is C36H28F8N6O2. The zero-order valence-electron chi connectivity index (χ0n) is 27.3. The number of alkyl halides is 5. The summed E-state index contributed by atoms with van der Waals surface area (Å²) >= 11 is 0. The van der Waals surface area contributed by atoms with E-state index in [1.807, 2.05) is 0 Å². The monoisotopic (exact) mass is 728 g/mol. The lowest BCUT2D eigenvalue weighted by Crippen LogP contribution is -2.36. The van der Waals surface area contributed by atoms with Gasteiger partial charge in [0.1, 0.15) is 46.6 Å². The summed E-state index contributed by atoms with van der Waals surface area (Å²) in [4.78, 5) is 25.3. The molecular weight excluding hydrogens is 700 g/mol. The first kappa shape index (κ1) is 35.1. The number of rotatable bonds is 7. The number of aliphatic hydroxyl groups is 1. The summed E-state index contributed by atoms with van der Waals surface area (Å²) in [6, 6.07) is 5.40. The SMILES string of the molecule is CC(C)(O)C#Cc1ccc(-c2cnc3[nH]ccc3c2F)c([C@H](Cc2cc(F)cc(F)c2)NC(=O)Cn2nc(C(F)(F)F)c3c2C(F)(F)[C@@H]2CC[C@H]32)n1. The van der Waals surface area contributed by atoms with Gasteiger partial charge in [0.15, 0.2) is 5.69 Å². The average molecular weight is 729 g/mol. The van der Waals surface area contributed by atoms with Crippen LogP contribution in [0.25, 0.3) is 22.2 Å². The molecule has 0 saturated heterocycles. The van der Waals surface area contributed by atoms with Crippen LogP contribution in [0.1, 0.15) is 72.6 Å². The van der Waals surface area contributed by atoms with E-state index in [1.54, 1.807) is 0 Å². The van der Waals surface area contributed by atoms with Gasteiger partial charge in [-0.25, -0.2) is 23.1 Å². The predicted octanol–water partition coefficient (Wildman–Crippen LogP) is 7.08. The van der Waals surface area contributed by atoms with Crippen molar-refractivity contribution in [1.29, 1.82) is 0 Å². The van der Waals surface area contributed by atoms with Crippen molar-refractivity contribution in [2.24, 2.45) is 5.92 Å². The molecule has 1 fully saturated rings. The Balaban J connectivity index is 1.34. The van der Waals surface area contributed by atoms with E-state index in [-0.39, 0.29) is 52.0 Å². The van der Waals surface area contributed by atoms with Gasteiger partial charge in [-0.1, -0.05) is 5.92 Å². The minimum Gasteiger partial charge on any atom is -0.378 e. The molecule has 3 N–H and O–H groups in total. The molecule has 0 aliphatic heterocycles. The number of amides is 1. The normalized spacial score (nSPS) is 18.3. The van der Waals surface area contributed by atoms with Gasteiger partial charge < -0.3 is 15.4 Å². The number of nitrogens with zero attached hydrogens (tertiary/aromatic N) is 4. The first-order chi connectivity index (χ1) is 24.4. The summed E-state index contributed by atoms with van der Waals surface area (Å²) in [5, 5.41) is 16.3. The number of nitrogens with one attached hydrogen (secondary N) is 2. The Kier molecular flexibility index (Phi) is 8.40. The van der Waals surface area contributed by atoms with Crippen molar-refractivity contribution in [3.05, 3.63) is 100 Å². The van der Waals surface area contributed by atoms with Crippen LogP contribution in [0.15, 0.2) is 48.8 Å². The number of aromatic nitrogens is 5. The largest absolute Gasteiger partial charge is 0.435 e. The van der Waals surface area contributed by atoms with E-state index in [2.05, 4.69) is 37.2 Å². The molecule has 52 heavy (non-hydrogen) atoms. The van der Waals surface area contributed by atoms with Gasteiger partial charge >= 0.3 is 6.18 Å². The van der Waals surface area contributed by atoms with Gasteiger partial charge in [-0.2, -0.15) is 27.1 Å². The van der Waals surface area contributed by atoms with E-state index in [4.69, 9.17) is 0 Å². The summed E-state index contributed by atoms with van der Waals surface area (Å²) in [6.45, 7) is 1.74. The van der Waals surface area contributed by atoms with Crippen LogP contribution < -0.4 is 5.32 Å². The molecule has 5 aromatic rings. The maximum Gasteiger partial charge on any atom is 0.435 e. The molecule has 8 nitrogen and oxygen atoms in total. The van der Waals surface area contributed by atoms with Crippen LogP contribution in [0.4, 0.5) is 35.1 Å². The van der Waals surface area contributed by atoms with Crippen LogP contribution in [0, 0.1) is 35.2 Å². The number of carbonyl (C=O) groups is 1. The van der Waals surface area contributed by atoms with Crippen molar-refractivity contribution in [3.8, 4) is 23.0 Å². The van der Waals surface area contributed by atoms with E-state index in [0.717, 1.165) is 12.1 Å². The molecule has 1 amide bonds. The summed E-state index contributed by atoms with van der Waals surface area (Å²) in [7, 11) is 0. The zero-order valence-corrected chi connectivity index (χ0v) is 27.3. The van der Waals surface area contributed by atoms with Gasteiger partial charge in [-0.3, -0.25) is 9.48 Å². The second kappa shape index (κ2) is 12.4. The lowest BCUT2D eigenvalue weighted by molar-refractivity contribution is -0.144. The van der Waals surface area contributed by atoms with Gasteiger partial charge in [0.05, 0.1) is 17.1 Å². The minimum absolute atomic E-state index is 0.00319. The first-order valence-electron chi connectivity index (χ1n) is 16.1. The van der Waals surface area contributed by atoms with Crippen LogP contribution in [-0.2, 0) is 29.9 Å². The van der Waals surface area contributed by atoms with E-state index < -0.39 is 88.9 Å². The number of halogens is 8. The summed E-state index contributed by atoms with van der Waals surface area (Å²) < 4.78 is 118. The molecule has 0 unspecified atom stereocenters. The quantitative estimate of drug-likeness (QED) is 0.123. The fourth-order valence-electron chi connectivity index (χ4n) is 6.93. The Morgan fingerprint density at radius 1 is 1.10 bits per heavy atom. The van der Waals surface area contributed by atoms with Crippen LogP contribution in [0.2, 0.25) is 0 Å². The topological polar surface area (TPSA) is 109 Å². The maximum absolute atomic E-state index is 16.0. The number of H-pyrrole nitrogens is 1. The molecule has 0 radical (unpaired) electrons. The third kappa shape index (κ3) is 6.38. The fourth-order valence-corrected chi connectivity index (χ4v) is 6.93. The van der Waals surface area contributed by atoms with E-state index >= 15 is 13.2 Å². The number of carbonyl (C=O) groups excluding carboxylic acids is 1. The molecule has 270 valence electrons. The third-order valence-corrected chi connectivity index (χ3v) is 9.24. The van der Waals surface area contributed by atoms with E-state index in [9.17, 15) is 31.9 Å². The number of benzene rings is 1. The van der Waals surface area contributed by atoms with Crippen LogP contribution >= 0.6 is 0 Å². The van der Waals surface area contributed by atoms with Crippen molar-refractivity contribution in [3.63, 3.8) is 0 Å². The number of fused-ring (bicyclic) bond motifs is 4. The second-order valence-corrected chi connectivity index (χ2v) is 13.4. The summed E-state index contributed by atoms with van der Waals surface area (Å²) in [5.74, 6) is -4.60. The van der Waals surface area contributed by atoms with Gasteiger partial charge in [0.25, 0.3) is 5.92 Å². The highest BCUT2D eigenvalue weighted by molar-refractivity contribution is 5.83. The lowest BCUT2D eigenvalue weighted by Gasteiger charge is -2.34. The van der Waals surface area contributed by atoms with Gasteiger partial charge in [0, 0.05) is 41.1 Å². The molecule has 1 aromatic carbocycles. The Labute approximate surface area is 290 Å². The van der Waals surface area contributed by atoms with Crippen molar-refractivity contribution < 1.29 is 45.0 Å². The summed E-state index contributed by atoms with van der Waals surface area (Å²) in [5.41, 5.74) is -4.49. The highest BCUT2D eigenvalue weighted by Gasteiger charge is 2.63. The Morgan fingerprint density at radius 3 is 2.48 bits per heavy atom. The Bertz CT molecular complexity index is 2280. The highest BCUT2D eigenvalue weighted by atomic mass is 19.4. The molecule has 4 heterocycles. The Morgan fingerprint density at radius 2 is 1.83 bits per heavy atom. The number of hydrogen-bond acceptors (Lipinski definition) is 5. The second-order valence-electron chi connectivity index (χ2n) is 13.4. The van der Waals surface area contributed by atoms with Gasteiger partial charge in [-0.05, 0) is 80.8 Å². The van der Waals surface area contributed by atoms with Crippen LogP contribution in [0.5, 0.6) is 0 Å². The summed E-state index contributed by atoms with van der Waals surface area (Å²) in [6.07, 6.45) is -2.70. The van der Waals surface area contributed by atoms with Gasteiger partial charge in [0.2, 0.25) is 5.91 Å². The van der Waals surface area contributed by atoms with Crippen molar-refractivity contribution in [2.75, 3.05) is 0 Å². The van der Waals surface area contributed by atoms with Gasteiger partial charge in [-0.15, -0.1) is 0 Å². The molecule has 0 bridgehead atoms. The molecule has 3 atom stereocenters. The molecule has 2 aliphatic rings. The first-order valence-corrected chi connectivity index (χ1v) is 16.1. The average Bonchev–Trinajstić information content (AvgIpc) is 3.68. The van der Waals surface area contributed by atoms with Crippen LogP contribution in [-0.4, -0.2) is 41.3 Å². The molecule has 1 saturated carbocycles. The fraction of sp³-hybridized carbons (Fsp3) is 0.333. The van der Waals surface area contributed by atoms with Crippen LogP contribution in [0.3, 0.4) is 0 Å². The standard InChI is InChI=1S/C36H28F8N6O2/c1-34(2,52)9-7-20-3-4-21(24-15-46-33-23(29(24)39)8-10-45-33)30(47-20)26(13-17-11-18(37)14-19(38)12-17)48-27(51)16-50-32-28(31(49-50)36(42,43)44)22-5-6-25(22)35(32,40)41/h3-4,8,10-12,14-15,22,25-26,52H,5-6,13,16H2,1-2H3,(H,45,46)(H,48,51)/t22-,25+,26-/m0/s1. The third-order valence-electron chi connectivity index (χ3n) is 9.24. The van der Waals surface area contributed by atoms with Crippen molar-refractivity contribution >= 4 is 16.9 Å². The smallest absolute Gasteiger partial charge is 0.378 e. The van der Waals surface area contributed by atoms with Crippen molar-refractivity contribution in [2.45, 2.75) is 69.3 Å². The number of aromatic amines is 1. The molecule has 7 rings (SSSR count). The predicted molar refractivity (Wildman–Crippen MR) is 170 cm³/mol. The van der Waals surface area contributed by atoms with Crippen molar-refractivity contribution in [1.82, 2.24) is 30.0 Å². The molecule has 16 heteroatoms. The zero-order chi connectivity index (χ0) is 37.3.